The molecule has 1 heterocycles. The van der Waals surface area contributed by atoms with Gasteiger partial charge < -0.3 is 15.5 Å². The highest BCUT2D eigenvalue weighted by Crippen LogP contribution is 2.28. The van der Waals surface area contributed by atoms with Crippen LogP contribution in [-0.2, 0) is 9.59 Å². The highest BCUT2D eigenvalue weighted by molar-refractivity contribution is 5.91. The lowest BCUT2D eigenvalue weighted by Crippen LogP contribution is -2.60. The van der Waals surface area contributed by atoms with Gasteiger partial charge in [-0.2, -0.15) is 0 Å². The van der Waals surface area contributed by atoms with Gasteiger partial charge in [0.2, 0.25) is 11.8 Å². The number of carbonyl (C=O) groups is 2. The number of hydrogen-bond donors (Lipinski definition) is 1. The summed E-state index contributed by atoms with van der Waals surface area (Å²) < 4.78 is 0. The normalized spacial score (nSPS) is 24.1. The third kappa shape index (κ3) is 2.66. The maximum Gasteiger partial charge on any atom is 0.242 e. The van der Waals surface area contributed by atoms with Crippen LogP contribution in [0.5, 0.6) is 0 Å². The lowest BCUT2D eigenvalue weighted by atomic mass is 9.95. The first-order valence-electron chi connectivity index (χ1n) is 6.83. The number of rotatable bonds is 4. The van der Waals surface area contributed by atoms with E-state index in [1.165, 1.54) is 0 Å². The lowest BCUT2D eigenvalue weighted by molar-refractivity contribution is -0.148. The van der Waals surface area contributed by atoms with Crippen LogP contribution < -0.4 is 5.73 Å². The van der Waals surface area contributed by atoms with E-state index in [0.29, 0.717) is 25.6 Å². The van der Waals surface area contributed by atoms with Gasteiger partial charge in [0.1, 0.15) is 0 Å². The molecule has 2 rings (SSSR count). The van der Waals surface area contributed by atoms with Crippen LogP contribution in [0, 0.1) is 0 Å². The molecular weight excluding hydrogens is 230 g/mol. The summed E-state index contributed by atoms with van der Waals surface area (Å²) >= 11 is 0. The summed E-state index contributed by atoms with van der Waals surface area (Å²) in [5.74, 6) is -0.0162. The zero-order valence-corrected chi connectivity index (χ0v) is 11.3. The summed E-state index contributed by atoms with van der Waals surface area (Å²) in [6.45, 7) is 5.26. The topological polar surface area (TPSA) is 66.6 Å². The molecule has 0 radical (unpaired) electrons. The van der Waals surface area contributed by atoms with Crippen molar-refractivity contribution < 1.29 is 9.59 Å². The molecule has 1 aliphatic heterocycles. The molecule has 0 aromatic rings. The van der Waals surface area contributed by atoms with Crippen molar-refractivity contribution in [3.8, 4) is 0 Å². The zero-order valence-electron chi connectivity index (χ0n) is 11.3. The third-order valence-electron chi connectivity index (χ3n) is 3.79. The molecule has 5 heteroatoms. The third-order valence-corrected chi connectivity index (χ3v) is 3.79. The first kappa shape index (κ1) is 13.3. The monoisotopic (exact) mass is 253 g/mol. The predicted octanol–water partition coefficient (Wildman–Crippen LogP) is 0.337. The van der Waals surface area contributed by atoms with E-state index in [-0.39, 0.29) is 18.4 Å². The van der Waals surface area contributed by atoms with E-state index >= 15 is 0 Å². The zero-order chi connectivity index (χ0) is 13.3. The molecule has 5 nitrogen and oxygen atoms in total. The summed E-state index contributed by atoms with van der Waals surface area (Å²) in [7, 11) is 0. The van der Waals surface area contributed by atoms with Crippen molar-refractivity contribution in [2.45, 2.75) is 51.1 Å². The van der Waals surface area contributed by atoms with Crippen LogP contribution in [0.2, 0.25) is 0 Å². The maximum atomic E-state index is 12.3. The average molecular weight is 253 g/mol. The van der Waals surface area contributed by atoms with Gasteiger partial charge in [0, 0.05) is 19.1 Å². The highest BCUT2D eigenvalue weighted by atomic mass is 16.2. The molecule has 0 aromatic carbocycles. The van der Waals surface area contributed by atoms with Gasteiger partial charge in [-0.05, 0) is 26.2 Å². The molecule has 2 aliphatic rings. The molecule has 18 heavy (non-hydrogen) atoms. The van der Waals surface area contributed by atoms with Crippen LogP contribution in [0.1, 0.15) is 39.5 Å². The van der Waals surface area contributed by atoms with Gasteiger partial charge in [-0.15, -0.1) is 0 Å². The van der Waals surface area contributed by atoms with Gasteiger partial charge in [-0.25, -0.2) is 0 Å². The van der Waals surface area contributed by atoms with Crippen molar-refractivity contribution in [1.29, 1.82) is 0 Å². The van der Waals surface area contributed by atoms with Gasteiger partial charge in [0.05, 0.1) is 12.1 Å². The molecule has 1 unspecified atom stereocenters. The van der Waals surface area contributed by atoms with Crippen molar-refractivity contribution >= 4 is 11.8 Å². The van der Waals surface area contributed by atoms with Gasteiger partial charge in [0.25, 0.3) is 0 Å². The predicted molar refractivity (Wildman–Crippen MR) is 68.8 cm³/mol. The van der Waals surface area contributed by atoms with Crippen LogP contribution in [0.4, 0.5) is 0 Å². The van der Waals surface area contributed by atoms with Crippen LogP contribution in [0.25, 0.3) is 0 Å². The van der Waals surface area contributed by atoms with Crippen molar-refractivity contribution in [2.75, 3.05) is 19.6 Å². The van der Waals surface area contributed by atoms with Crippen molar-refractivity contribution in [3.63, 3.8) is 0 Å². The van der Waals surface area contributed by atoms with Crippen LogP contribution in [-0.4, -0.2) is 52.8 Å². The van der Waals surface area contributed by atoms with Gasteiger partial charge in [-0.1, -0.05) is 13.3 Å². The second-order valence-electron chi connectivity index (χ2n) is 5.71. The van der Waals surface area contributed by atoms with E-state index in [9.17, 15) is 9.59 Å². The summed E-state index contributed by atoms with van der Waals surface area (Å²) in [6.07, 6.45) is 3.76. The SMILES string of the molecule is CCCC(C)(N)C(=O)N1CCN(C2CC2)C(=O)C1. The summed E-state index contributed by atoms with van der Waals surface area (Å²) in [6, 6.07) is 0.439. The van der Waals surface area contributed by atoms with Gasteiger partial charge in [0.15, 0.2) is 0 Å². The Morgan fingerprint density at radius 1 is 1.44 bits per heavy atom. The lowest BCUT2D eigenvalue weighted by Gasteiger charge is -2.38. The molecular formula is C13H23N3O2. The summed E-state index contributed by atoms with van der Waals surface area (Å²) in [4.78, 5) is 27.8. The molecule has 1 saturated carbocycles. The molecule has 2 N–H and O–H groups in total. The fourth-order valence-corrected chi connectivity index (χ4v) is 2.62. The Hall–Kier alpha value is -1.10. The molecule has 1 atom stereocenters. The second-order valence-corrected chi connectivity index (χ2v) is 5.71. The minimum Gasteiger partial charge on any atom is -0.336 e. The molecule has 0 spiro atoms. The smallest absolute Gasteiger partial charge is 0.242 e. The van der Waals surface area contributed by atoms with Crippen LogP contribution >= 0.6 is 0 Å². The van der Waals surface area contributed by atoms with Crippen molar-refractivity contribution in [2.24, 2.45) is 5.73 Å². The number of piperazine rings is 1. The molecule has 0 bridgehead atoms. The van der Waals surface area contributed by atoms with Gasteiger partial charge >= 0.3 is 0 Å². The fraction of sp³-hybridized carbons (Fsp3) is 0.846. The van der Waals surface area contributed by atoms with Crippen molar-refractivity contribution in [1.82, 2.24) is 9.80 Å². The Morgan fingerprint density at radius 3 is 2.61 bits per heavy atom. The summed E-state index contributed by atoms with van der Waals surface area (Å²) in [5, 5.41) is 0. The minimum absolute atomic E-state index is 0.0735. The Labute approximate surface area is 108 Å². The first-order chi connectivity index (χ1) is 8.45. The number of nitrogens with zero attached hydrogens (tertiary/aromatic N) is 2. The Balaban J connectivity index is 1.95. The Morgan fingerprint density at radius 2 is 2.11 bits per heavy atom. The molecule has 2 fully saturated rings. The van der Waals surface area contributed by atoms with E-state index < -0.39 is 5.54 Å². The van der Waals surface area contributed by atoms with E-state index in [4.69, 9.17) is 5.73 Å². The maximum absolute atomic E-state index is 12.3. The first-order valence-corrected chi connectivity index (χ1v) is 6.83. The molecule has 2 amide bonds. The van der Waals surface area contributed by atoms with E-state index in [1.54, 1.807) is 11.8 Å². The molecule has 1 aliphatic carbocycles. The van der Waals surface area contributed by atoms with E-state index in [1.807, 2.05) is 11.8 Å². The van der Waals surface area contributed by atoms with Gasteiger partial charge in [-0.3, -0.25) is 9.59 Å². The van der Waals surface area contributed by atoms with Crippen LogP contribution in [0.3, 0.4) is 0 Å². The second kappa shape index (κ2) is 4.88. The highest BCUT2D eigenvalue weighted by Gasteiger charge is 2.39. The Kier molecular flexibility index (Phi) is 3.61. The van der Waals surface area contributed by atoms with Crippen LogP contribution in [0.15, 0.2) is 0 Å². The van der Waals surface area contributed by atoms with Crippen molar-refractivity contribution in [3.05, 3.63) is 0 Å². The Bertz CT molecular complexity index is 350. The van der Waals surface area contributed by atoms with E-state index in [0.717, 1.165) is 19.3 Å². The average Bonchev–Trinajstić information content (AvgIpc) is 3.11. The minimum atomic E-state index is -0.837. The fourth-order valence-electron chi connectivity index (χ4n) is 2.62. The largest absolute Gasteiger partial charge is 0.336 e. The quantitative estimate of drug-likeness (QED) is 0.785. The number of amides is 2. The number of nitrogens with two attached hydrogens (primary N) is 1. The number of carbonyl (C=O) groups excluding carboxylic acids is 2. The van der Waals surface area contributed by atoms with E-state index in [2.05, 4.69) is 0 Å². The molecule has 1 saturated heterocycles. The summed E-state index contributed by atoms with van der Waals surface area (Å²) in [5.41, 5.74) is 5.20. The molecule has 102 valence electrons. The number of hydrogen-bond acceptors (Lipinski definition) is 3. The standard InChI is InChI=1S/C13H23N3O2/c1-3-6-13(2,14)12(18)15-7-8-16(10-4-5-10)11(17)9-15/h10H,3-9,14H2,1-2H3. The molecule has 0 aromatic heterocycles.